The molecule has 0 unspecified atom stereocenters. The second kappa shape index (κ2) is 13.6. The highest BCUT2D eigenvalue weighted by molar-refractivity contribution is 5.77. The minimum Gasteiger partial charge on any atom is -0.481 e. The Labute approximate surface area is 312 Å². The maximum absolute atomic E-state index is 13.7. The zero-order valence-corrected chi connectivity index (χ0v) is 33.3. The van der Waals surface area contributed by atoms with Crippen molar-refractivity contribution in [3.63, 3.8) is 0 Å². The molecule has 5 fully saturated rings. The van der Waals surface area contributed by atoms with Gasteiger partial charge in [0.1, 0.15) is 11.9 Å². The first-order valence-electron chi connectivity index (χ1n) is 20.3. The number of benzene rings is 1. The number of allylic oxidation sites excluding steroid dienone is 1. The van der Waals surface area contributed by atoms with Gasteiger partial charge in [0.15, 0.2) is 0 Å². The van der Waals surface area contributed by atoms with Crippen molar-refractivity contribution in [3.8, 4) is 0 Å². The summed E-state index contributed by atoms with van der Waals surface area (Å²) in [6.45, 7) is 23.3. The topological polar surface area (TPSA) is 92.7 Å². The number of amides is 1. The minimum absolute atomic E-state index is 0.0199. The monoisotopic (exact) mass is 719 g/mol. The predicted molar refractivity (Wildman–Crippen MR) is 202 cm³/mol. The number of aliphatic carboxylic acids is 1. The maximum Gasteiger partial charge on any atom is 0.306 e. The molecule has 6 rings (SSSR count). The third-order valence-corrected chi connectivity index (χ3v) is 16.6. The van der Waals surface area contributed by atoms with Gasteiger partial charge in [0.2, 0.25) is 5.91 Å². The Morgan fingerprint density at radius 1 is 0.885 bits per heavy atom. The van der Waals surface area contributed by atoms with Crippen LogP contribution in [0.5, 0.6) is 0 Å². The molecule has 1 amide bonds. The van der Waals surface area contributed by atoms with Crippen LogP contribution < -0.4 is 5.32 Å². The first kappa shape index (κ1) is 39.0. The third kappa shape index (κ3) is 6.56. The molecule has 6 nitrogen and oxygen atoms in total. The molecule has 5 saturated carbocycles. The van der Waals surface area contributed by atoms with Crippen LogP contribution in [0.15, 0.2) is 36.4 Å². The van der Waals surface area contributed by atoms with Crippen molar-refractivity contribution in [2.24, 2.45) is 62.1 Å². The molecule has 2 N–H and O–H groups in total. The van der Waals surface area contributed by atoms with E-state index in [1.807, 2.05) is 13.8 Å². The molecule has 0 aromatic heterocycles. The summed E-state index contributed by atoms with van der Waals surface area (Å²) in [4.78, 5) is 38.3. The van der Waals surface area contributed by atoms with E-state index in [4.69, 9.17) is 4.74 Å². The fourth-order valence-corrected chi connectivity index (χ4v) is 14.0. The van der Waals surface area contributed by atoms with Crippen LogP contribution in [0.25, 0.3) is 0 Å². The van der Waals surface area contributed by atoms with Gasteiger partial charge in [-0.05, 0) is 145 Å². The van der Waals surface area contributed by atoms with Crippen molar-refractivity contribution in [1.82, 2.24) is 5.32 Å². The van der Waals surface area contributed by atoms with Gasteiger partial charge in [0.25, 0.3) is 0 Å². The van der Waals surface area contributed by atoms with Crippen molar-refractivity contribution >= 4 is 17.8 Å². The van der Waals surface area contributed by atoms with Gasteiger partial charge in [-0.25, -0.2) is 4.39 Å². The first-order valence-corrected chi connectivity index (χ1v) is 20.3. The summed E-state index contributed by atoms with van der Waals surface area (Å²) >= 11 is 0. The van der Waals surface area contributed by atoms with Gasteiger partial charge in [0, 0.05) is 18.4 Å². The van der Waals surface area contributed by atoms with E-state index in [1.165, 1.54) is 30.5 Å². The summed E-state index contributed by atoms with van der Waals surface area (Å²) in [6, 6.07) is 6.39. The third-order valence-electron chi connectivity index (χ3n) is 16.6. The largest absolute Gasteiger partial charge is 0.481 e. The molecular formula is C45H66FNO5. The molecule has 52 heavy (non-hydrogen) atoms. The summed E-state index contributed by atoms with van der Waals surface area (Å²) in [6.07, 6.45) is 11.4. The van der Waals surface area contributed by atoms with E-state index in [1.54, 1.807) is 12.1 Å². The van der Waals surface area contributed by atoms with E-state index >= 15 is 0 Å². The number of nitrogens with one attached hydrogen (secondary N) is 1. The van der Waals surface area contributed by atoms with E-state index in [9.17, 15) is 23.9 Å². The molecule has 5 aliphatic rings. The second-order valence-corrected chi connectivity index (χ2v) is 20.4. The van der Waals surface area contributed by atoms with Crippen LogP contribution in [0.3, 0.4) is 0 Å². The van der Waals surface area contributed by atoms with Crippen molar-refractivity contribution in [2.45, 2.75) is 152 Å². The Balaban J connectivity index is 1.21. The summed E-state index contributed by atoms with van der Waals surface area (Å²) in [5.74, 6) is 1.09. The number of carboxylic acid groups (broad SMARTS) is 1. The summed E-state index contributed by atoms with van der Waals surface area (Å²) in [7, 11) is 0. The van der Waals surface area contributed by atoms with Crippen LogP contribution in [-0.4, -0.2) is 29.1 Å². The fraction of sp³-hybridized carbons (Fsp3) is 0.756. The van der Waals surface area contributed by atoms with Gasteiger partial charge in [0.05, 0.1) is 12.8 Å². The average Bonchev–Trinajstić information content (AvgIpc) is 3.41. The van der Waals surface area contributed by atoms with Crippen LogP contribution >= 0.6 is 0 Å². The van der Waals surface area contributed by atoms with Crippen molar-refractivity contribution in [1.29, 1.82) is 0 Å². The fourth-order valence-electron chi connectivity index (χ4n) is 14.0. The van der Waals surface area contributed by atoms with Crippen molar-refractivity contribution in [3.05, 3.63) is 47.8 Å². The standard InChI is InChI=1S/C45H66FNO5/c1-28(2)31-16-21-45(24-36(48)47-27-29-10-12-30(46)13-11-29)23-22-43(8)32(39(31)45)14-15-34-42(7)19-18-35(41(5,6)33(42)17-20-44(34,43)9)52-38(51)26-40(3,4)25-37(49)50/h10-13,31-35,39H,1,14-27H2,2-9H3,(H,47,48)(H,49,50)/t31-,32+,33-,34+,35-,39+,42-,43+,44+,45+/m0/s1. The SMILES string of the molecule is C=C(C)[C@@H]1CC[C@]2(CC(=O)NCc3ccc(F)cc3)CC[C@]3(C)[C@H](CC[C@@H]4[C@@]5(C)CC[C@H](OC(=O)CC(C)(C)CC(=O)O)C(C)(C)[C@@H]5CC[C@]43C)[C@@H]12. The van der Waals surface area contributed by atoms with E-state index in [0.29, 0.717) is 42.6 Å². The molecule has 288 valence electrons. The Hall–Kier alpha value is -2.70. The Morgan fingerprint density at radius 3 is 2.23 bits per heavy atom. The van der Waals surface area contributed by atoms with Gasteiger partial charge >= 0.3 is 11.9 Å². The zero-order valence-electron chi connectivity index (χ0n) is 33.3. The van der Waals surface area contributed by atoms with E-state index in [-0.39, 0.29) is 63.7 Å². The van der Waals surface area contributed by atoms with Gasteiger partial charge in [-0.3, -0.25) is 14.4 Å². The number of carbonyl (C=O) groups is 3. The summed E-state index contributed by atoms with van der Waals surface area (Å²) in [5, 5.41) is 12.5. The van der Waals surface area contributed by atoms with Gasteiger partial charge in [-0.1, -0.05) is 72.8 Å². The summed E-state index contributed by atoms with van der Waals surface area (Å²) < 4.78 is 19.8. The molecule has 0 aliphatic heterocycles. The Morgan fingerprint density at radius 2 is 1.58 bits per heavy atom. The van der Waals surface area contributed by atoms with Crippen LogP contribution in [0.2, 0.25) is 0 Å². The molecule has 0 spiro atoms. The number of ether oxygens (including phenoxy) is 1. The van der Waals surface area contributed by atoms with E-state index in [2.05, 4.69) is 53.4 Å². The normalized spacial score (nSPS) is 39.2. The van der Waals surface area contributed by atoms with Crippen LogP contribution in [0.4, 0.5) is 4.39 Å². The summed E-state index contributed by atoms with van der Waals surface area (Å²) in [5.41, 5.74) is 1.79. The number of esters is 1. The molecule has 1 aromatic carbocycles. The molecule has 0 bridgehead atoms. The lowest BCUT2D eigenvalue weighted by atomic mass is 9.32. The van der Waals surface area contributed by atoms with Crippen LogP contribution in [0.1, 0.15) is 144 Å². The first-order chi connectivity index (χ1) is 24.2. The lowest BCUT2D eigenvalue weighted by Gasteiger charge is -2.73. The quantitative estimate of drug-likeness (QED) is 0.186. The highest BCUT2D eigenvalue weighted by atomic mass is 19.1. The number of halogens is 1. The minimum atomic E-state index is -0.893. The zero-order chi connectivity index (χ0) is 38.1. The van der Waals surface area contributed by atoms with E-state index < -0.39 is 11.4 Å². The number of rotatable bonds is 10. The number of fused-ring (bicyclic) bond motifs is 7. The molecular weight excluding hydrogens is 653 g/mol. The second-order valence-electron chi connectivity index (χ2n) is 20.4. The molecule has 0 heterocycles. The number of carbonyl (C=O) groups excluding carboxylic acids is 2. The van der Waals surface area contributed by atoms with E-state index in [0.717, 1.165) is 56.9 Å². The van der Waals surface area contributed by atoms with Crippen molar-refractivity contribution < 1.29 is 28.6 Å². The molecule has 0 saturated heterocycles. The van der Waals surface area contributed by atoms with Gasteiger partial charge in [-0.2, -0.15) is 0 Å². The Kier molecular flexibility index (Phi) is 10.2. The molecule has 1 aromatic rings. The predicted octanol–water partition coefficient (Wildman–Crippen LogP) is 10.3. The maximum atomic E-state index is 13.7. The molecule has 7 heteroatoms. The van der Waals surface area contributed by atoms with Crippen molar-refractivity contribution in [2.75, 3.05) is 0 Å². The Bertz CT molecular complexity index is 1570. The average molecular weight is 720 g/mol. The molecule has 10 atom stereocenters. The molecule has 0 radical (unpaired) electrons. The lowest BCUT2D eigenvalue weighted by molar-refractivity contribution is -0.250. The van der Waals surface area contributed by atoms with Gasteiger partial charge < -0.3 is 15.2 Å². The van der Waals surface area contributed by atoms with Gasteiger partial charge in [-0.15, -0.1) is 0 Å². The number of hydrogen-bond donors (Lipinski definition) is 2. The number of carboxylic acids is 1. The lowest BCUT2D eigenvalue weighted by Crippen LogP contribution is -2.67. The highest BCUT2D eigenvalue weighted by Crippen LogP contribution is 2.78. The molecule has 5 aliphatic carbocycles. The van der Waals surface area contributed by atoms with Crippen LogP contribution in [0, 0.1) is 67.9 Å². The highest BCUT2D eigenvalue weighted by Gasteiger charge is 2.71. The number of hydrogen-bond acceptors (Lipinski definition) is 4. The van der Waals surface area contributed by atoms with Crippen LogP contribution in [-0.2, 0) is 25.7 Å². The smallest absolute Gasteiger partial charge is 0.306 e.